The Balaban J connectivity index is 1.71. The Bertz CT molecular complexity index is 811. The normalized spacial score (nSPS) is 18.3. The van der Waals surface area contributed by atoms with Crippen LogP contribution in [0.3, 0.4) is 0 Å². The van der Waals surface area contributed by atoms with Crippen molar-refractivity contribution in [3.8, 4) is 0 Å². The highest BCUT2D eigenvalue weighted by Crippen LogP contribution is 2.42. The first-order valence-electron chi connectivity index (χ1n) is 7.48. The quantitative estimate of drug-likeness (QED) is 0.875. The first-order chi connectivity index (χ1) is 11.2. The van der Waals surface area contributed by atoms with Gasteiger partial charge in [0, 0.05) is 10.4 Å². The molecule has 0 amide bonds. The molecule has 5 nitrogen and oxygen atoms in total. The Kier molecular flexibility index (Phi) is 3.34. The van der Waals surface area contributed by atoms with Gasteiger partial charge >= 0.3 is 11.9 Å². The van der Waals surface area contributed by atoms with E-state index in [9.17, 15) is 9.59 Å². The molecule has 1 aliphatic carbocycles. The third-order valence-electron chi connectivity index (χ3n) is 4.26. The van der Waals surface area contributed by atoms with Crippen LogP contribution in [0.2, 0.25) is 0 Å². The Hall–Kier alpha value is -2.34. The molecule has 0 fully saturated rings. The van der Waals surface area contributed by atoms with Gasteiger partial charge in [-0.15, -0.1) is 11.3 Å². The molecular weight excluding hydrogens is 314 g/mol. The van der Waals surface area contributed by atoms with Gasteiger partial charge in [-0.2, -0.15) is 0 Å². The van der Waals surface area contributed by atoms with Crippen molar-refractivity contribution >= 4 is 28.3 Å². The van der Waals surface area contributed by atoms with E-state index in [-0.39, 0.29) is 11.9 Å². The van der Waals surface area contributed by atoms with E-state index in [1.165, 1.54) is 12.0 Å². The van der Waals surface area contributed by atoms with Gasteiger partial charge in [0.25, 0.3) is 0 Å². The lowest BCUT2D eigenvalue weighted by Crippen LogP contribution is -2.13. The van der Waals surface area contributed by atoms with Crippen LogP contribution in [0.1, 0.15) is 49.4 Å². The lowest BCUT2D eigenvalue weighted by molar-refractivity contribution is 0.0437. The lowest BCUT2D eigenvalue weighted by Gasteiger charge is -2.14. The summed E-state index contributed by atoms with van der Waals surface area (Å²) < 4.78 is 10.3. The molecule has 0 radical (unpaired) electrons. The summed E-state index contributed by atoms with van der Waals surface area (Å²) in [5.41, 5.74) is 3.02. The molecule has 0 unspecified atom stereocenters. The maximum absolute atomic E-state index is 12.2. The number of rotatable bonds is 3. The Labute approximate surface area is 137 Å². The second-order valence-corrected chi connectivity index (χ2v) is 6.68. The van der Waals surface area contributed by atoms with Gasteiger partial charge in [-0.05, 0) is 30.9 Å². The molecule has 1 N–H and O–H groups in total. The van der Waals surface area contributed by atoms with Gasteiger partial charge in [0.05, 0.1) is 18.2 Å². The van der Waals surface area contributed by atoms with Crippen LogP contribution < -0.4 is 5.32 Å². The van der Waals surface area contributed by atoms with Crippen LogP contribution in [0.4, 0.5) is 5.00 Å². The van der Waals surface area contributed by atoms with Crippen LogP contribution in [0, 0.1) is 0 Å². The first kappa shape index (κ1) is 14.3. The van der Waals surface area contributed by atoms with E-state index < -0.39 is 6.23 Å². The zero-order valence-corrected chi connectivity index (χ0v) is 13.4. The molecule has 1 aliphatic heterocycles. The van der Waals surface area contributed by atoms with Gasteiger partial charge in [-0.25, -0.2) is 9.59 Å². The Morgan fingerprint density at radius 1 is 1.35 bits per heavy atom. The fraction of sp³-hybridized carbons (Fsp3) is 0.294. The number of nitrogens with one attached hydrogen (secondary N) is 1. The van der Waals surface area contributed by atoms with E-state index in [4.69, 9.17) is 9.47 Å². The van der Waals surface area contributed by atoms with E-state index >= 15 is 0 Å². The van der Waals surface area contributed by atoms with Crippen LogP contribution in [-0.2, 0) is 22.3 Å². The number of fused-ring (bicyclic) bond motifs is 2. The number of methoxy groups -OCH3 is 1. The zero-order chi connectivity index (χ0) is 16.0. The number of thiophene rings is 1. The number of hydrogen-bond donors (Lipinski definition) is 1. The molecule has 6 heteroatoms. The summed E-state index contributed by atoms with van der Waals surface area (Å²) in [5, 5.41) is 3.93. The molecule has 0 saturated heterocycles. The summed E-state index contributed by atoms with van der Waals surface area (Å²) in [7, 11) is 1.38. The molecule has 2 aromatic rings. The van der Waals surface area contributed by atoms with Crippen LogP contribution >= 0.6 is 11.3 Å². The number of aryl methyl sites for hydroxylation is 1. The van der Waals surface area contributed by atoms with Gasteiger partial charge in [0.2, 0.25) is 6.23 Å². The van der Waals surface area contributed by atoms with Crippen molar-refractivity contribution in [1.82, 2.24) is 0 Å². The predicted octanol–water partition coefficient (Wildman–Crippen LogP) is 3.30. The summed E-state index contributed by atoms with van der Waals surface area (Å²) in [6.07, 6.45) is 2.36. The second kappa shape index (κ2) is 5.38. The molecule has 1 aromatic carbocycles. The number of esters is 2. The molecule has 1 atom stereocenters. The first-order valence-corrected chi connectivity index (χ1v) is 8.30. The van der Waals surface area contributed by atoms with Gasteiger partial charge in [0.1, 0.15) is 5.00 Å². The van der Waals surface area contributed by atoms with Crippen molar-refractivity contribution in [3.63, 3.8) is 0 Å². The molecule has 0 saturated carbocycles. The van der Waals surface area contributed by atoms with Crippen molar-refractivity contribution in [2.24, 2.45) is 0 Å². The zero-order valence-electron chi connectivity index (χ0n) is 12.5. The number of ether oxygens (including phenoxy) is 2. The van der Waals surface area contributed by atoms with Crippen molar-refractivity contribution in [3.05, 3.63) is 51.4 Å². The average Bonchev–Trinajstić information content (AvgIpc) is 3.21. The van der Waals surface area contributed by atoms with Crippen LogP contribution in [0.5, 0.6) is 0 Å². The standard InChI is InChI=1S/C17H15NO4S/c1-21-17(20)13-11-7-4-8-12(11)23-15(13)18-14-9-5-2-3-6-10(9)16(19)22-14/h2-3,5-6,14,18H,4,7-8H2,1H3/t14-/m0/s1. The van der Waals surface area contributed by atoms with E-state index in [2.05, 4.69) is 5.32 Å². The smallest absolute Gasteiger partial charge is 0.341 e. The highest BCUT2D eigenvalue weighted by Gasteiger charge is 2.34. The van der Waals surface area contributed by atoms with Crippen molar-refractivity contribution in [1.29, 1.82) is 0 Å². The van der Waals surface area contributed by atoms with E-state index in [1.807, 2.05) is 18.2 Å². The number of hydrogen-bond acceptors (Lipinski definition) is 6. The topological polar surface area (TPSA) is 64.6 Å². The molecule has 1 aromatic heterocycles. The second-order valence-electron chi connectivity index (χ2n) is 5.57. The fourth-order valence-corrected chi connectivity index (χ4v) is 4.49. The highest BCUT2D eigenvalue weighted by atomic mass is 32.1. The van der Waals surface area contributed by atoms with E-state index in [0.717, 1.165) is 35.4 Å². The van der Waals surface area contributed by atoms with Crippen LogP contribution in [-0.4, -0.2) is 19.0 Å². The number of benzene rings is 1. The summed E-state index contributed by atoms with van der Waals surface area (Å²) in [6, 6.07) is 7.28. The van der Waals surface area contributed by atoms with Crippen molar-refractivity contribution in [2.75, 3.05) is 12.4 Å². The number of carbonyl (C=O) groups excluding carboxylic acids is 2. The molecule has 23 heavy (non-hydrogen) atoms. The third kappa shape index (κ3) is 2.21. The Morgan fingerprint density at radius 3 is 3.00 bits per heavy atom. The van der Waals surface area contributed by atoms with Crippen LogP contribution in [0.25, 0.3) is 0 Å². The van der Waals surface area contributed by atoms with Crippen LogP contribution in [0.15, 0.2) is 24.3 Å². The number of anilines is 1. The summed E-state index contributed by atoms with van der Waals surface area (Å²) in [5.74, 6) is -0.689. The van der Waals surface area contributed by atoms with Gasteiger partial charge in [0.15, 0.2) is 0 Å². The molecule has 118 valence electrons. The minimum absolute atomic E-state index is 0.343. The number of cyclic esters (lactones) is 1. The average molecular weight is 329 g/mol. The highest BCUT2D eigenvalue weighted by molar-refractivity contribution is 7.16. The molecule has 4 rings (SSSR count). The fourth-order valence-electron chi connectivity index (χ4n) is 3.20. The monoisotopic (exact) mass is 329 g/mol. The minimum Gasteiger partial charge on any atom is -0.465 e. The lowest BCUT2D eigenvalue weighted by atomic mass is 10.1. The summed E-state index contributed by atoms with van der Waals surface area (Å²) in [6.45, 7) is 0. The van der Waals surface area contributed by atoms with Gasteiger partial charge in [-0.1, -0.05) is 18.2 Å². The maximum Gasteiger partial charge on any atom is 0.341 e. The van der Waals surface area contributed by atoms with E-state index in [0.29, 0.717) is 11.1 Å². The molecule has 0 spiro atoms. The van der Waals surface area contributed by atoms with E-state index in [1.54, 1.807) is 17.4 Å². The SMILES string of the molecule is COC(=O)c1c(N[C@H]2OC(=O)c3ccccc32)sc2c1CCC2. The minimum atomic E-state index is -0.569. The van der Waals surface area contributed by atoms with Crippen molar-refractivity contribution < 1.29 is 19.1 Å². The van der Waals surface area contributed by atoms with Gasteiger partial charge in [-0.3, -0.25) is 0 Å². The maximum atomic E-state index is 12.2. The third-order valence-corrected chi connectivity index (χ3v) is 5.48. The predicted molar refractivity (Wildman–Crippen MR) is 85.9 cm³/mol. The molecule has 2 heterocycles. The molecule has 2 aliphatic rings. The number of carbonyl (C=O) groups is 2. The molecular formula is C17H15NO4S. The largest absolute Gasteiger partial charge is 0.465 e. The Morgan fingerprint density at radius 2 is 2.17 bits per heavy atom. The van der Waals surface area contributed by atoms with Gasteiger partial charge < -0.3 is 14.8 Å². The summed E-state index contributed by atoms with van der Waals surface area (Å²) >= 11 is 1.55. The van der Waals surface area contributed by atoms with Crippen molar-refractivity contribution in [2.45, 2.75) is 25.5 Å². The summed E-state index contributed by atoms with van der Waals surface area (Å²) in [4.78, 5) is 25.3. The molecule has 0 bridgehead atoms.